The van der Waals surface area contributed by atoms with Gasteiger partial charge >= 0.3 is 6.18 Å². The van der Waals surface area contributed by atoms with E-state index in [1.807, 2.05) is 0 Å². The van der Waals surface area contributed by atoms with Gasteiger partial charge in [-0.15, -0.1) is 0 Å². The third-order valence-electron chi connectivity index (χ3n) is 1.68. The van der Waals surface area contributed by atoms with Gasteiger partial charge < -0.3 is 0 Å². The Bertz CT molecular complexity index is 485. The van der Waals surface area contributed by atoms with Crippen molar-refractivity contribution in [3.05, 3.63) is 35.1 Å². The number of halogens is 4. The zero-order valence-electron chi connectivity index (χ0n) is 7.90. The fraction of sp³-hybridized carbons (Fsp3) is 0.182. The lowest BCUT2D eigenvalue weighted by atomic mass is 10.1. The van der Waals surface area contributed by atoms with Gasteiger partial charge in [-0.2, -0.15) is 18.4 Å². The van der Waals surface area contributed by atoms with Crippen molar-refractivity contribution in [1.82, 2.24) is 0 Å². The molecule has 0 spiro atoms. The molecule has 0 unspecified atom stereocenters. The van der Waals surface area contributed by atoms with Crippen molar-refractivity contribution in [2.24, 2.45) is 0 Å². The molecule has 1 aromatic rings. The number of hydrogen-bond acceptors (Lipinski definition) is 1. The van der Waals surface area contributed by atoms with Crippen LogP contribution >= 0.6 is 0 Å². The number of nitrogens with zero attached hydrogens (tertiary/aromatic N) is 1. The van der Waals surface area contributed by atoms with Gasteiger partial charge in [-0.05, 0) is 18.2 Å². The molecule has 0 saturated heterocycles. The summed E-state index contributed by atoms with van der Waals surface area (Å²) in [6, 6.07) is 3.71. The lowest BCUT2D eigenvalue weighted by Gasteiger charge is -2.08. The van der Waals surface area contributed by atoms with Crippen LogP contribution in [0.4, 0.5) is 17.6 Å². The summed E-state index contributed by atoms with van der Waals surface area (Å²) in [5, 5.41) is 8.18. The highest BCUT2D eigenvalue weighted by Crippen LogP contribution is 2.31. The van der Waals surface area contributed by atoms with E-state index < -0.39 is 23.1 Å². The van der Waals surface area contributed by atoms with Crippen molar-refractivity contribution < 1.29 is 17.6 Å². The molecule has 0 aromatic heterocycles. The molecule has 5 heteroatoms. The van der Waals surface area contributed by atoms with E-state index in [2.05, 4.69) is 11.8 Å². The third-order valence-corrected chi connectivity index (χ3v) is 1.68. The van der Waals surface area contributed by atoms with Gasteiger partial charge in [0.25, 0.3) is 0 Å². The van der Waals surface area contributed by atoms with Gasteiger partial charge in [0.2, 0.25) is 0 Å². The number of rotatable bonds is 0. The average molecular weight is 227 g/mol. The molecule has 1 rings (SSSR count). The lowest BCUT2D eigenvalue weighted by molar-refractivity contribution is -0.137. The van der Waals surface area contributed by atoms with Crippen LogP contribution in [0.1, 0.15) is 17.5 Å². The first kappa shape index (κ1) is 12.1. The fourth-order valence-electron chi connectivity index (χ4n) is 1.05. The van der Waals surface area contributed by atoms with Gasteiger partial charge in [0.05, 0.1) is 18.1 Å². The number of hydrogen-bond donors (Lipinski definition) is 0. The summed E-state index contributed by atoms with van der Waals surface area (Å²) < 4.78 is 50.0. The van der Waals surface area contributed by atoms with Crippen molar-refractivity contribution in [1.29, 1.82) is 5.26 Å². The largest absolute Gasteiger partial charge is 0.417 e. The first-order valence-electron chi connectivity index (χ1n) is 4.17. The molecule has 82 valence electrons. The van der Waals surface area contributed by atoms with E-state index in [0.717, 1.165) is 6.07 Å². The number of nitriles is 1. The molecule has 0 aliphatic heterocycles. The van der Waals surface area contributed by atoms with Crippen LogP contribution in [-0.4, -0.2) is 0 Å². The van der Waals surface area contributed by atoms with Gasteiger partial charge in [-0.25, -0.2) is 4.39 Å². The van der Waals surface area contributed by atoms with E-state index in [4.69, 9.17) is 5.26 Å². The quantitative estimate of drug-likeness (QED) is 0.493. The van der Waals surface area contributed by atoms with Crippen LogP contribution in [0.3, 0.4) is 0 Å². The molecule has 0 saturated carbocycles. The Hall–Kier alpha value is -2.01. The predicted molar refractivity (Wildman–Crippen MR) is 48.5 cm³/mol. The monoisotopic (exact) mass is 227 g/mol. The Morgan fingerprint density at radius 1 is 1.25 bits per heavy atom. The first-order chi connectivity index (χ1) is 7.45. The minimum absolute atomic E-state index is 0.201. The van der Waals surface area contributed by atoms with Gasteiger partial charge in [0, 0.05) is 5.56 Å². The molecule has 0 aliphatic carbocycles. The molecular weight excluding hydrogens is 222 g/mol. The second-order valence-electron chi connectivity index (χ2n) is 2.82. The topological polar surface area (TPSA) is 23.8 Å². The Labute approximate surface area is 89.3 Å². The summed E-state index contributed by atoms with van der Waals surface area (Å²) in [5.74, 6) is 3.55. The van der Waals surface area contributed by atoms with Crippen molar-refractivity contribution in [2.75, 3.05) is 0 Å². The number of benzene rings is 1. The summed E-state index contributed by atoms with van der Waals surface area (Å²) in [6.45, 7) is 0. The summed E-state index contributed by atoms with van der Waals surface area (Å²) in [7, 11) is 0. The minimum atomic E-state index is -4.58. The molecule has 0 heterocycles. The summed E-state index contributed by atoms with van der Waals surface area (Å²) in [4.78, 5) is 0. The van der Waals surface area contributed by atoms with Crippen LogP contribution in [0.15, 0.2) is 18.2 Å². The zero-order chi connectivity index (χ0) is 12.2. The summed E-state index contributed by atoms with van der Waals surface area (Å²) in [6.07, 6.45) is -4.78. The maximum atomic E-state index is 12.7. The van der Waals surface area contributed by atoms with E-state index in [-0.39, 0.29) is 6.42 Å². The standard InChI is InChI=1S/C11H5F4N/c12-9-4-5-10(11(13,14)15)8(7-9)3-1-2-6-16/h4-5,7H,2H2. The Balaban J connectivity index is 3.22. The van der Waals surface area contributed by atoms with E-state index in [1.54, 1.807) is 6.07 Å². The van der Waals surface area contributed by atoms with Crippen LogP contribution in [0.2, 0.25) is 0 Å². The third kappa shape index (κ3) is 2.99. The molecule has 0 aliphatic rings. The number of alkyl halides is 3. The molecule has 0 fully saturated rings. The van der Waals surface area contributed by atoms with Crippen LogP contribution < -0.4 is 0 Å². The molecule has 0 amide bonds. The minimum Gasteiger partial charge on any atom is -0.207 e. The lowest BCUT2D eigenvalue weighted by Crippen LogP contribution is -2.07. The molecule has 0 radical (unpaired) electrons. The zero-order valence-corrected chi connectivity index (χ0v) is 7.90. The molecule has 0 N–H and O–H groups in total. The van der Waals surface area contributed by atoms with Gasteiger partial charge in [-0.3, -0.25) is 0 Å². The maximum absolute atomic E-state index is 12.7. The predicted octanol–water partition coefficient (Wildman–Crippen LogP) is 3.11. The average Bonchev–Trinajstić information content (AvgIpc) is 2.16. The van der Waals surface area contributed by atoms with E-state index in [9.17, 15) is 17.6 Å². The van der Waals surface area contributed by atoms with Gasteiger partial charge in [0.1, 0.15) is 5.82 Å². The maximum Gasteiger partial charge on any atom is 0.417 e. The van der Waals surface area contributed by atoms with Crippen molar-refractivity contribution in [3.8, 4) is 17.9 Å². The van der Waals surface area contributed by atoms with E-state index in [0.29, 0.717) is 12.1 Å². The van der Waals surface area contributed by atoms with Crippen molar-refractivity contribution in [2.45, 2.75) is 12.6 Å². The summed E-state index contributed by atoms with van der Waals surface area (Å²) >= 11 is 0. The van der Waals surface area contributed by atoms with Crippen LogP contribution in [0.25, 0.3) is 0 Å². The second kappa shape index (κ2) is 4.67. The van der Waals surface area contributed by atoms with E-state index >= 15 is 0 Å². The van der Waals surface area contributed by atoms with E-state index in [1.165, 1.54) is 0 Å². The van der Waals surface area contributed by atoms with Crippen LogP contribution in [-0.2, 0) is 6.18 Å². The van der Waals surface area contributed by atoms with Crippen LogP contribution in [0, 0.1) is 29.0 Å². The first-order valence-corrected chi connectivity index (χ1v) is 4.17. The Morgan fingerprint density at radius 2 is 1.94 bits per heavy atom. The normalized spacial score (nSPS) is 10.2. The molecule has 0 atom stereocenters. The fourth-order valence-corrected chi connectivity index (χ4v) is 1.05. The SMILES string of the molecule is N#CCC#Cc1cc(F)ccc1C(F)(F)F. The highest BCUT2D eigenvalue weighted by molar-refractivity contribution is 5.43. The molecule has 0 bridgehead atoms. The smallest absolute Gasteiger partial charge is 0.207 e. The summed E-state index contributed by atoms with van der Waals surface area (Å²) in [5.41, 5.74) is -1.46. The molecule has 16 heavy (non-hydrogen) atoms. The highest BCUT2D eigenvalue weighted by atomic mass is 19.4. The molecule has 1 aromatic carbocycles. The Kier molecular flexibility index (Phi) is 3.52. The Morgan fingerprint density at radius 3 is 2.50 bits per heavy atom. The highest BCUT2D eigenvalue weighted by Gasteiger charge is 2.33. The molecule has 1 nitrogen and oxygen atoms in total. The van der Waals surface area contributed by atoms with Crippen molar-refractivity contribution >= 4 is 0 Å². The van der Waals surface area contributed by atoms with Crippen molar-refractivity contribution in [3.63, 3.8) is 0 Å². The second-order valence-corrected chi connectivity index (χ2v) is 2.82. The van der Waals surface area contributed by atoms with Gasteiger partial charge in [0.15, 0.2) is 0 Å². The van der Waals surface area contributed by atoms with Gasteiger partial charge in [-0.1, -0.05) is 11.8 Å². The molecular formula is C11H5F4N. The van der Waals surface area contributed by atoms with Crippen LogP contribution in [0.5, 0.6) is 0 Å².